The van der Waals surface area contributed by atoms with Gasteiger partial charge < -0.3 is 20.4 Å². The number of hydrogen-bond donors (Lipinski definition) is 4. The lowest BCUT2D eigenvalue weighted by Gasteiger charge is -2.28. The monoisotopic (exact) mass is 309 g/mol. The van der Waals surface area contributed by atoms with Crippen LogP contribution in [-0.4, -0.2) is 66.6 Å². The standard InChI is InChI=1S/C11H19NO7S/c1-3-4-5-20-6-7(8(13)14)12(10(16)17)9(15)11(2,18)19/h7,18-19H,3-6H2,1-2H3,(H,13,14)(H,16,17). The van der Waals surface area contributed by atoms with E-state index in [-0.39, 0.29) is 10.7 Å². The van der Waals surface area contributed by atoms with Crippen molar-refractivity contribution in [3.8, 4) is 0 Å². The molecule has 0 aromatic rings. The molecule has 20 heavy (non-hydrogen) atoms. The number of thioether (sulfide) groups is 1. The Hall–Kier alpha value is -1.32. The third-order valence-corrected chi connectivity index (χ3v) is 3.47. The van der Waals surface area contributed by atoms with Crippen molar-refractivity contribution < 1.29 is 34.8 Å². The van der Waals surface area contributed by atoms with Crippen LogP contribution in [0.3, 0.4) is 0 Å². The normalized spacial score (nSPS) is 12.8. The van der Waals surface area contributed by atoms with Crippen LogP contribution in [0.5, 0.6) is 0 Å². The molecule has 0 fully saturated rings. The van der Waals surface area contributed by atoms with Crippen molar-refractivity contribution in [2.24, 2.45) is 0 Å². The van der Waals surface area contributed by atoms with Gasteiger partial charge in [0.2, 0.25) is 5.79 Å². The number of aliphatic hydroxyl groups is 2. The molecule has 0 saturated heterocycles. The van der Waals surface area contributed by atoms with Crippen molar-refractivity contribution >= 4 is 29.7 Å². The van der Waals surface area contributed by atoms with Crippen molar-refractivity contribution in [2.45, 2.75) is 38.5 Å². The van der Waals surface area contributed by atoms with Crippen molar-refractivity contribution in [1.82, 2.24) is 4.90 Å². The molecule has 116 valence electrons. The van der Waals surface area contributed by atoms with Crippen LogP contribution in [-0.2, 0) is 9.59 Å². The molecule has 0 aromatic carbocycles. The number of carboxylic acids is 1. The summed E-state index contributed by atoms with van der Waals surface area (Å²) in [4.78, 5) is 33.7. The first-order chi connectivity index (χ1) is 9.12. The minimum Gasteiger partial charge on any atom is -0.480 e. The minimum absolute atomic E-state index is 0.0543. The van der Waals surface area contributed by atoms with Gasteiger partial charge in [0.15, 0.2) is 0 Å². The van der Waals surface area contributed by atoms with Crippen molar-refractivity contribution in [3.63, 3.8) is 0 Å². The predicted octanol–water partition coefficient (Wildman–Crippen LogP) is 0.180. The highest BCUT2D eigenvalue weighted by molar-refractivity contribution is 7.99. The molecule has 4 N–H and O–H groups in total. The van der Waals surface area contributed by atoms with Crippen LogP contribution in [0.25, 0.3) is 0 Å². The number of carbonyl (C=O) groups is 3. The molecule has 0 spiro atoms. The molecule has 0 saturated carbocycles. The van der Waals surface area contributed by atoms with E-state index in [0.29, 0.717) is 12.7 Å². The Morgan fingerprint density at radius 1 is 1.25 bits per heavy atom. The van der Waals surface area contributed by atoms with Gasteiger partial charge in [0.1, 0.15) is 6.04 Å². The molecule has 0 aliphatic rings. The first kappa shape index (κ1) is 18.7. The third-order valence-electron chi connectivity index (χ3n) is 2.34. The molecule has 0 rings (SSSR count). The van der Waals surface area contributed by atoms with Crippen LogP contribution < -0.4 is 0 Å². The number of aliphatic carboxylic acids is 1. The summed E-state index contributed by atoms with van der Waals surface area (Å²) in [6, 6.07) is -1.67. The molecular weight excluding hydrogens is 290 g/mol. The second kappa shape index (κ2) is 8.08. The molecule has 0 aromatic heterocycles. The Bertz CT molecular complexity index is 366. The summed E-state index contributed by atoms with van der Waals surface area (Å²) in [6.07, 6.45) is -0.110. The van der Waals surface area contributed by atoms with Gasteiger partial charge >= 0.3 is 12.1 Å². The maximum absolute atomic E-state index is 11.6. The number of carboxylic acid groups (broad SMARTS) is 2. The molecular formula is C11H19NO7S. The van der Waals surface area contributed by atoms with E-state index in [0.717, 1.165) is 12.8 Å². The molecule has 0 aliphatic heterocycles. The zero-order valence-electron chi connectivity index (χ0n) is 11.3. The summed E-state index contributed by atoms with van der Waals surface area (Å²) in [7, 11) is 0. The summed E-state index contributed by atoms with van der Waals surface area (Å²) in [5, 5.41) is 36.3. The Kier molecular flexibility index (Phi) is 7.54. The highest BCUT2D eigenvalue weighted by atomic mass is 32.2. The summed E-state index contributed by atoms with van der Waals surface area (Å²) < 4.78 is 0. The fourth-order valence-corrected chi connectivity index (χ4v) is 2.46. The topological polar surface area (TPSA) is 135 Å². The Balaban J connectivity index is 5.02. The van der Waals surface area contributed by atoms with Gasteiger partial charge in [-0.3, -0.25) is 4.79 Å². The lowest BCUT2D eigenvalue weighted by atomic mass is 10.2. The quantitative estimate of drug-likeness (QED) is 0.368. The largest absolute Gasteiger partial charge is 0.480 e. The number of unbranched alkanes of at least 4 members (excludes halogenated alkanes) is 1. The van der Waals surface area contributed by atoms with Gasteiger partial charge in [-0.05, 0) is 19.1 Å². The maximum Gasteiger partial charge on any atom is 0.415 e. The molecule has 1 atom stereocenters. The zero-order chi connectivity index (χ0) is 15.9. The highest BCUT2D eigenvalue weighted by Gasteiger charge is 2.42. The van der Waals surface area contributed by atoms with Crippen molar-refractivity contribution in [2.75, 3.05) is 11.5 Å². The van der Waals surface area contributed by atoms with E-state index in [4.69, 9.17) is 20.4 Å². The van der Waals surface area contributed by atoms with Gasteiger partial charge in [0, 0.05) is 5.75 Å². The zero-order valence-corrected chi connectivity index (χ0v) is 12.1. The van der Waals surface area contributed by atoms with Crippen molar-refractivity contribution in [3.05, 3.63) is 0 Å². The number of imide groups is 1. The summed E-state index contributed by atoms with van der Waals surface area (Å²) in [5.74, 6) is -5.58. The average molecular weight is 309 g/mol. The van der Waals surface area contributed by atoms with Crippen LogP contribution in [0.2, 0.25) is 0 Å². The highest BCUT2D eigenvalue weighted by Crippen LogP contribution is 2.15. The van der Waals surface area contributed by atoms with Gasteiger partial charge in [-0.25, -0.2) is 14.5 Å². The SMILES string of the molecule is CCCCSCC(C(=O)O)N(C(=O)O)C(=O)C(C)(O)O. The van der Waals surface area contributed by atoms with E-state index in [1.807, 2.05) is 6.92 Å². The second-order valence-electron chi connectivity index (χ2n) is 4.26. The minimum atomic E-state index is -2.94. The van der Waals surface area contributed by atoms with Crippen molar-refractivity contribution in [1.29, 1.82) is 0 Å². The smallest absolute Gasteiger partial charge is 0.415 e. The lowest BCUT2D eigenvalue weighted by Crippen LogP contribution is -2.56. The first-order valence-electron chi connectivity index (χ1n) is 5.94. The van der Waals surface area contributed by atoms with Gasteiger partial charge in [0.05, 0.1) is 0 Å². The Morgan fingerprint density at radius 3 is 2.15 bits per heavy atom. The number of carbonyl (C=O) groups excluding carboxylic acids is 1. The molecule has 2 amide bonds. The molecule has 0 bridgehead atoms. The van der Waals surface area contributed by atoms with Gasteiger partial charge in [-0.2, -0.15) is 11.8 Å². The van der Waals surface area contributed by atoms with Gasteiger partial charge in [0.25, 0.3) is 5.91 Å². The number of amides is 2. The first-order valence-corrected chi connectivity index (χ1v) is 7.10. The van der Waals surface area contributed by atoms with E-state index < -0.39 is 29.8 Å². The van der Waals surface area contributed by atoms with Gasteiger partial charge in [-0.15, -0.1) is 0 Å². The van der Waals surface area contributed by atoms with E-state index in [1.165, 1.54) is 11.8 Å². The predicted molar refractivity (Wildman–Crippen MR) is 71.4 cm³/mol. The number of hydrogen-bond acceptors (Lipinski definition) is 6. The number of rotatable bonds is 8. The average Bonchev–Trinajstić information content (AvgIpc) is 2.30. The molecule has 0 radical (unpaired) electrons. The summed E-state index contributed by atoms with van der Waals surface area (Å²) in [5.41, 5.74) is 0. The molecule has 1 unspecified atom stereocenters. The van der Waals surface area contributed by atoms with E-state index in [9.17, 15) is 14.4 Å². The Labute approximate surface area is 120 Å². The maximum atomic E-state index is 11.6. The van der Waals surface area contributed by atoms with Crippen LogP contribution in [0.4, 0.5) is 4.79 Å². The number of nitrogens with zero attached hydrogens (tertiary/aromatic N) is 1. The summed E-state index contributed by atoms with van der Waals surface area (Å²) >= 11 is 1.19. The Morgan fingerprint density at radius 2 is 1.80 bits per heavy atom. The van der Waals surface area contributed by atoms with E-state index in [2.05, 4.69) is 0 Å². The van der Waals surface area contributed by atoms with Crippen LogP contribution in [0, 0.1) is 0 Å². The van der Waals surface area contributed by atoms with E-state index >= 15 is 0 Å². The molecule has 8 nitrogen and oxygen atoms in total. The molecule has 9 heteroatoms. The van der Waals surface area contributed by atoms with E-state index in [1.54, 1.807) is 0 Å². The van der Waals surface area contributed by atoms with Crippen LogP contribution in [0.15, 0.2) is 0 Å². The third kappa shape index (κ3) is 5.76. The van der Waals surface area contributed by atoms with Gasteiger partial charge in [-0.1, -0.05) is 13.3 Å². The van der Waals surface area contributed by atoms with Crippen LogP contribution in [0.1, 0.15) is 26.7 Å². The summed E-state index contributed by atoms with van der Waals surface area (Å²) in [6.45, 7) is 2.62. The fraction of sp³-hybridized carbons (Fsp3) is 0.727. The fourth-order valence-electron chi connectivity index (χ4n) is 1.29. The second-order valence-corrected chi connectivity index (χ2v) is 5.41. The lowest BCUT2D eigenvalue weighted by molar-refractivity contribution is -0.190. The molecule has 0 aliphatic carbocycles. The molecule has 0 heterocycles. The van der Waals surface area contributed by atoms with Crippen LogP contribution >= 0.6 is 11.8 Å².